The number of hydrazone groups is 1. The summed E-state index contributed by atoms with van der Waals surface area (Å²) in [6.45, 7) is 4.32. The van der Waals surface area contributed by atoms with Crippen LogP contribution in [0.3, 0.4) is 0 Å². The Labute approximate surface area is 153 Å². The zero-order chi connectivity index (χ0) is 18.1. The van der Waals surface area contributed by atoms with Crippen LogP contribution in [-0.4, -0.2) is 25.0 Å². The smallest absolute Gasteiger partial charge is 0.250 e. The highest BCUT2D eigenvalue weighted by Gasteiger charge is 2.01. The van der Waals surface area contributed by atoms with Gasteiger partial charge in [0, 0.05) is 5.75 Å². The third-order valence-electron chi connectivity index (χ3n) is 3.67. The van der Waals surface area contributed by atoms with Crippen molar-refractivity contribution in [1.82, 2.24) is 5.43 Å². The zero-order valence-electron chi connectivity index (χ0n) is 14.9. The second kappa shape index (κ2) is 9.89. The zero-order valence-corrected chi connectivity index (χ0v) is 15.7. The van der Waals surface area contributed by atoms with Crippen molar-refractivity contribution >= 4 is 23.9 Å². The number of thioether (sulfide) groups is 1. The fourth-order valence-electron chi connectivity index (χ4n) is 2.16. The standard InChI is InChI=1S/C20H24N2O2S/c1-15(2)18-8-4-16(5-9-18)12-21-22-20(23)14-25-13-17-6-10-19(24-3)11-7-17/h4-12,15H,13-14H2,1-3H3,(H,22,23). The molecule has 1 amide bonds. The monoisotopic (exact) mass is 356 g/mol. The maximum atomic E-state index is 11.8. The third-order valence-corrected chi connectivity index (χ3v) is 4.67. The summed E-state index contributed by atoms with van der Waals surface area (Å²) in [5, 5.41) is 4.01. The second-order valence-corrected chi connectivity index (χ2v) is 6.94. The minimum absolute atomic E-state index is 0.103. The van der Waals surface area contributed by atoms with Crippen molar-refractivity contribution in [2.75, 3.05) is 12.9 Å². The van der Waals surface area contributed by atoms with Crippen molar-refractivity contribution in [3.05, 3.63) is 65.2 Å². The van der Waals surface area contributed by atoms with Gasteiger partial charge in [-0.1, -0.05) is 50.2 Å². The molecule has 1 N–H and O–H groups in total. The molecule has 0 saturated heterocycles. The summed E-state index contributed by atoms with van der Waals surface area (Å²) in [5.41, 5.74) is 5.98. The third kappa shape index (κ3) is 6.63. The Morgan fingerprint density at radius 2 is 1.84 bits per heavy atom. The number of nitrogens with one attached hydrogen (secondary N) is 1. The van der Waals surface area contributed by atoms with Crippen LogP contribution in [0.2, 0.25) is 0 Å². The van der Waals surface area contributed by atoms with Crippen LogP contribution in [0.5, 0.6) is 5.75 Å². The van der Waals surface area contributed by atoms with Crippen molar-refractivity contribution in [2.45, 2.75) is 25.5 Å². The van der Waals surface area contributed by atoms with E-state index in [1.807, 2.05) is 36.4 Å². The first kappa shape index (κ1) is 19.1. The van der Waals surface area contributed by atoms with Crippen LogP contribution in [0.4, 0.5) is 0 Å². The van der Waals surface area contributed by atoms with Gasteiger partial charge >= 0.3 is 0 Å². The van der Waals surface area contributed by atoms with Gasteiger partial charge in [0.05, 0.1) is 19.1 Å². The Balaban J connectivity index is 1.70. The van der Waals surface area contributed by atoms with Gasteiger partial charge in [-0.2, -0.15) is 5.10 Å². The van der Waals surface area contributed by atoms with Crippen molar-refractivity contribution in [3.8, 4) is 5.75 Å². The molecule has 0 atom stereocenters. The summed E-state index contributed by atoms with van der Waals surface area (Å²) in [6, 6.07) is 16.0. The molecule has 0 radical (unpaired) electrons. The first-order chi connectivity index (χ1) is 12.1. The van der Waals surface area contributed by atoms with Crippen LogP contribution in [0.1, 0.15) is 36.5 Å². The predicted molar refractivity (Wildman–Crippen MR) is 105 cm³/mol. The molecule has 2 aromatic rings. The maximum Gasteiger partial charge on any atom is 0.250 e. The molecule has 0 aliphatic rings. The summed E-state index contributed by atoms with van der Waals surface area (Å²) in [5.74, 6) is 2.39. The Kier molecular flexibility index (Phi) is 7.54. The number of amides is 1. The first-order valence-corrected chi connectivity index (χ1v) is 9.36. The number of hydrogen-bond acceptors (Lipinski definition) is 4. The molecule has 4 nitrogen and oxygen atoms in total. The maximum absolute atomic E-state index is 11.8. The van der Waals surface area contributed by atoms with E-state index in [4.69, 9.17) is 4.74 Å². The lowest BCUT2D eigenvalue weighted by Crippen LogP contribution is -2.19. The first-order valence-electron chi connectivity index (χ1n) is 8.21. The number of benzene rings is 2. The topological polar surface area (TPSA) is 50.7 Å². The molecule has 0 unspecified atom stereocenters. The fourth-order valence-corrected chi connectivity index (χ4v) is 2.94. The van der Waals surface area contributed by atoms with Crippen LogP contribution in [0, 0.1) is 0 Å². The molecule has 0 spiro atoms. The van der Waals surface area contributed by atoms with Crippen LogP contribution < -0.4 is 10.2 Å². The summed E-state index contributed by atoms with van der Waals surface area (Å²) < 4.78 is 5.12. The van der Waals surface area contributed by atoms with E-state index in [1.54, 1.807) is 25.1 Å². The van der Waals surface area contributed by atoms with Gasteiger partial charge in [-0.3, -0.25) is 4.79 Å². The van der Waals surface area contributed by atoms with Crippen molar-refractivity contribution < 1.29 is 9.53 Å². The van der Waals surface area contributed by atoms with E-state index in [1.165, 1.54) is 5.56 Å². The van der Waals surface area contributed by atoms with E-state index >= 15 is 0 Å². The number of methoxy groups -OCH3 is 1. The lowest BCUT2D eigenvalue weighted by Gasteiger charge is -2.04. The van der Waals surface area contributed by atoms with E-state index in [9.17, 15) is 4.79 Å². The molecule has 0 heterocycles. The summed E-state index contributed by atoms with van der Waals surface area (Å²) in [6.07, 6.45) is 1.66. The average molecular weight is 356 g/mol. The number of carbonyl (C=O) groups is 1. The van der Waals surface area contributed by atoms with Gasteiger partial charge in [-0.15, -0.1) is 11.8 Å². The summed E-state index contributed by atoms with van der Waals surface area (Å²) in [4.78, 5) is 11.8. The molecule has 2 rings (SSSR count). The van der Waals surface area contributed by atoms with E-state index in [0.29, 0.717) is 11.7 Å². The minimum atomic E-state index is -0.103. The van der Waals surface area contributed by atoms with Crippen LogP contribution in [0.25, 0.3) is 0 Å². The number of ether oxygens (including phenoxy) is 1. The predicted octanol–water partition coefficient (Wildman–Crippen LogP) is 4.20. The molecule has 25 heavy (non-hydrogen) atoms. The Hall–Kier alpha value is -2.27. The molecule has 0 bridgehead atoms. The normalized spacial score (nSPS) is 11.0. The molecule has 132 valence electrons. The fraction of sp³-hybridized carbons (Fsp3) is 0.300. The van der Waals surface area contributed by atoms with Crippen LogP contribution in [0.15, 0.2) is 53.6 Å². The largest absolute Gasteiger partial charge is 0.497 e. The molecule has 5 heteroatoms. The van der Waals surface area contributed by atoms with Crippen molar-refractivity contribution in [1.29, 1.82) is 0 Å². The molecule has 0 fully saturated rings. The average Bonchev–Trinajstić information content (AvgIpc) is 2.63. The highest BCUT2D eigenvalue weighted by molar-refractivity contribution is 7.99. The van der Waals surface area contributed by atoms with Gasteiger partial charge in [0.25, 0.3) is 0 Å². The number of nitrogens with zero attached hydrogens (tertiary/aromatic N) is 1. The summed E-state index contributed by atoms with van der Waals surface area (Å²) >= 11 is 1.55. The summed E-state index contributed by atoms with van der Waals surface area (Å²) in [7, 11) is 1.65. The van der Waals surface area contributed by atoms with Gasteiger partial charge in [0.15, 0.2) is 0 Å². The quantitative estimate of drug-likeness (QED) is 0.570. The lowest BCUT2D eigenvalue weighted by molar-refractivity contribution is -0.118. The van der Waals surface area contributed by atoms with Crippen LogP contribution in [-0.2, 0) is 10.5 Å². The van der Waals surface area contributed by atoms with Crippen LogP contribution >= 0.6 is 11.8 Å². The Morgan fingerprint density at radius 1 is 1.16 bits per heavy atom. The highest BCUT2D eigenvalue weighted by atomic mass is 32.2. The van der Waals surface area contributed by atoms with Gasteiger partial charge in [0.2, 0.25) is 5.91 Å². The van der Waals surface area contributed by atoms with Crippen molar-refractivity contribution in [3.63, 3.8) is 0 Å². The van der Waals surface area contributed by atoms with E-state index < -0.39 is 0 Å². The molecular weight excluding hydrogens is 332 g/mol. The Bertz CT molecular complexity index is 695. The Morgan fingerprint density at radius 3 is 2.44 bits per heavy atom. The molecular formula is C20H24N2O2S. The van der Waals surface area contributed by atoms with Gasteiger partial charge in [-0.25, -0.2) is 5.43 Å². The van der Waals surface area contributed by atoms with E-state index in [-0.39, 0.29) is 5.91 Å². The van der Waals surface area contributed by atoms with Gasteiger partial charge in [-0.05, 0) is 34.7 Å². The SMILES string of the molecule is COc1ccc(CSCC(=O)NN=Cc2ccc(C(C)C)cc2)cc1. The van der Waals surface area contributed by atoms with Gasteiger partial charge < -0.3 is 4.74 Å². The molecule has 2 aromatic carbocycles. The van der Waals surface area contributed by atoms with E-state index in [0.717, 1.165) is 22.6 Å². The minimum Gasteiger partial charge on any atom is -0.497 e. The molecule has 0 aliphatic heterocycles. The highest BCUT2D eigenvalue weighted by Crippen LogP contribution is 2.16. The molecule has 0 aliphatic carbocycles. The second-order valence-electron chi connectivity index (χ2n) is 5.96. The van der Waals surface area contributed by atoms with E-state index in [2.05, 4.69) is 36.5 Å². The van der Waals surface area contributed by atoms with Gasteiger partial charge in [0.1, 0.15) is 5.75 Å². The number of carbonyl (C=O) groups excluding carboxylic acids is 1. The molecule has 0 saturated carbocycles. The molecule has 0 aromatic heterocycles. The number of rotatable bonds is 8. The lowest BCUT2D eigenvalue weighted by atomic mass is 10.0. The number of hydrogen-bond donors (Lipinski definition) is 1. The van der Waals surface area contributed by atoms with Crippen molar-refractivity contribution in [2.24, 2.45) is 5.10 Å².